The normalized spacial score (nSPS) is 11.8. The van der Waals surface area contributed by atoms with Gasteiger partial charge in [0.1, 0.15) is 0 Å². The third kappa shape index (κ3) is 1.66. The summed E-state index contributed by atoms with van der Waals surface area (Å²) >= 11 is 6.17. The molecule has 0 amide bonds. The van der Waals surface area contributed by atoms with Gasteiger partial charge in [-0.05, 0) is 50.1 Å². The maximum Gasteiger partial charge on any atom is 0.189 e. The fourth-order valence-corrected chi connectivity index (χ4v) is 3.60. The molecule has 0 bridgehead atoms. The molecule has 4 aromatic rings. The summed E-state index contributed by atoms with van der Waals surface area (Å²) in [5.41, 5.74) is 5.94. The van der Waals surface area contributed by atoms with Crippen LogP contribution in [0.25, 0.3) is 32.7 Å². The van der Waals surface area contributed by atoms with E-state index in [2.05, 4.69) is 9.97 Å². The SMILES string of the molecule is Cc1cc(=O)c2c(C)c3[nH]c4ccc(Cl)cc4c3c(C)c2[nH]1. The van der Waals surface area contributed by atoms with Crippen LogP contribution in [0, 0.1) is 20.8 Å². The predicted octanol–water partition coefficient (Wildman–Crippen LogP) is 4.74. The van der Waals surface area contributed by atoms with Crippen molar-refractivity contribution in [2.45, 2.75) is 20.8 Å². The zero-order valence-corrected chi connectivity index (χ0v) is 13.4. The molecule has 4 heteroatoms. The van der Waals surface area contributed by atoms with Crippen molar-refractivity contribution in [3.8, 4) is 0 Å². The van der Waals surface area contributed by atoms with Crippen molar-refractivity contribution in [3.05, 3.63) is 56.3 Å². The number of aryl methyl sites for hydroxylation is 3. The monoisotopic (exact) mass is 310 g/mol. The number of aromatic nitrogens is 2. The van der Waals surface area contributed by atoms with Crippen molar-refractivity contribution in [1.29, 1.82) is 0 Å². The summed E-state index contributed by atoms with van der Waals surface area (Å²) < 4.78 is 0. The Bertz CT molecular complexity index is 1140. The average molecular weight is 311 g/mol. The third-order valence-electron chi connectivity index (χ3n) is 4.43. The van der Waals surface area contributed by atoms with E-state index in [1.165, 1.54) is 0 Å². The van der Waals surface area contributed by atoms with Crippen LogP contribution in [0.5, 0.6) is 0 Å². The topological polar surface area (TPSA) is 48.6 Å². The number of benzene rings is 2. The van der Waals surface area contributed by atoms with E-state index in [4.69, 9.17) is 11.6 Å². The molecule has 2 heterocycles. The van der Waals surface area contributed by atoms with Crippen LogP contribution in [0.15, 0.2) is 29.1 Å². The molecule has 0 unspecified atom stereocenters. The average Bonchev–Trinajstić information content (AvgIpc) is 2.83. The van der Waals surface area contributed by atoms with E-state index in [0.717, 1.165) is 49.5 Å². The highest BCUT2D eigenvalue weighted by Gasteiger charge is 2.16. The van der Waals surface area contributed by atoms with E-state index in [0.29, 0.717) is 5.02 Å². The van der Waals surface area contributed by atoms with Gasteiger partial charge in [-0.25, -0.2) is 0 Å². The second-order valence-corrected chi connectivity index (χ2v) is 6.32. The summed E-state index contributed by atoms with van der Waals surface area (Å²) in [7, 11) is 0. The summed E-state index contributed by atoms with van der Waals surface area (Å²) in [6.07, 6.45) is 0. The quantitative estimate of drug-likeness (QED) is 0.484. The van der Waals surface area contributed by atoms with Crippen LogP contribution >= 0.6 is 11.6 Å². The molecule has 110 valence electrons. The summed E-state index contributed by atoms with van der Waals surface area (Å²) in [4.78, 5) is 19.2. The fourth-order valence-electron chi connectivity index (χ4n) is 3.43. The fraction of sp³-hybridized carbons (Fsp3) is 0.167. The van der Waals surface area contributed by atoms with E-state index in [9.17, 15) is 4.79 Å². The molecule has 2 aromatic heterocycles. The van der Waals surface area contributed by atoms with Crippen molar-refractivity contribution < 1.29 is 0 Å². The summed E-state index contributed by atoms with van der Waals surface area (Å²) in [6, 6.07) is 7.48. The number of hydrogen-bond donors (Lipinski definition) is 2. The van der Waals surface area contributed by atoms with Gasteiger partial charge in [0, 0.05) is 33.1 Å². The molecular formula is C18H15ClN2O. The van der Waals surface area contributed by atoms with Crippen LogP contribution in [0.4, 0.5) is 0 Å². The van der Waals surface area contributed by atoms with E-state index in [1.54, 1.807) is 6.07 Å². The first-order valence-electron chi connectivity index (χ1n) is 7.21. The van der Waals surface area contributed by atoms with Crippen molar-refractivity contribution in [1.82, 2.24) is 9.97 Å². The van der Waals surface area contributed by atoms with Gasteiger partial charge in [-0.15, -0.1) is 0 Å². The molecule has 22 heavy (non-hydrogen) atoms. The number of rotatable bonds is 0. The van der Waals surface area contributed by atoms with Gasteiger partial charge in [-0.3, -0.25) is 4.79 Å². The molecule has 2 N–H and O–H groups in total. The zero-order valence-electron chi connectivity index (χ0n) is 12.6. The molecule has 4 rings (SSSR count). The van der Waals surface area contributed by atoms with E-state index < -0.39 is 0 Å². The maximum absolute atomic E-state index is 12.4. The van der Waals surface area contributed by atoms with Crippen LogP contribution in [-0.2, 0) is 0 Å². The summed E-state index contributed by atoms with van der Waals surface area (Å²) in [6.45, 7) is 5.95. The van der Waals surface area contributed by atoms with E-state index in [-0.39, 0.29) is 5.43 Å². The Labute approximate surface area is 131 Å². The number of H-pyrrole nitrogens is 2. The maximum atomic E-state index is 12.4. The molecule has 3 nitrogen and oxygen atoms in total. The number of hydrogen-bond acceptors (Lipinski definition) is 1. The molecule has 0 spiro atoms. The molecule has 0 aliphatic heterocycles. The first-order chi connectivity index (χ1) is 10.5. The first kappa shape index (κ1) is 13.4. The van der Waals surface area contributed by atoms with Gasteiger partial charge < -0.3 is 9.97 Å². The number of nitrogens with one attached hydrogen (secondary N) is 2. The van der Waals surface area contributed by atoms with Crippen LogP contribution in [0.2, 0.25) is 5.02 Å². The molecule has 0 saturated carbocycles. The predicted molar refractivity (Wildman–Crippen MR) is 93.2 cm³/mol. The van der Waals surface area contributed by atoms with Crippen molar-refractivity contribution in [3.63, 3.8) is 0 Å². The lowest BCUT2D eigenvalue weighted by Crippen LogP contribution is -2.06. The van der Waals surface area contributed by atoms with E-state index in [1.807, 2.05) is 39.0 Å². The molecule has 0 saturated heterocycles. The molecule has 0 aliphatic rings. The largest absolute Gasteiger partial charge is 0.358 e. The van der Waals surface area contributed by atoms with Crippen molar-refractivity contribution in [2.24, 2.45) is 0 Å². The van der Waals surface area contributed by atoms with Crippen molar-refractivity contribution in [2.75, 3.05) is 0 Å². The van der Waals surface area contributed by atoms with Gasteiger partial charge in [0.15, 0.2) is 5.43 Å². The molecule has 0 fully saturated rings. The summed E-state index contributed by atoms with van der Waals surface area (Å²) in [5.74, 6) is 0. The molecule has 0 radical (unpaired) electrons. The first-order valence-corrected chi connectivity index (χ1v) is 7.59. The lowest BCUT2D eigenvalue weighted by atomic mass is 9.98. The van der Waals surface area contributed by atoms with Gasteiger partial charge in [0.2, 0.25) is 0 Å². The van der Waals surface area contributed by atoms with Gasteiger partial charge in [-0.2, -0.15) is 0 Å². The zero-order chi connectivity index (χ0) is 15.6. The number of fused-ring (bicyclic) bond motifs is 4. The standard InChI is InChI=1S/C18H15ClN2O/c1-8-6-14(22)16-10(3)17-15(9(2)18(16)20-8)12-7-11(19)4-5-13(12)21-17/h4-7,21H,1-3H3,(H,20,22). The molecule has 0 aliphatic carbocycles. The van der Waals surface area contributed by atoms with Gasteiger partial charge in [-0.1, -0.05) is 11.6 Å². The Kier molecular flexibility index (Phi) is 2.66. The van der Waals surface area contributed by atoms with Crippen LogP contribution < -0.4 is 5.43 Å². The Morgan fingerprint density at radius 2 is 1.59 bits per heavy atom. The minimum Gasteiger partial charge on any atom is -0.358 e. The Hall–Kier alpha value is -2.26. The Morgan fingerprint density at radius 1 is 0.909 bits per heavy atom. The molecular weight excluding hydrogens is 296 g/mol. The second-order valence-electron chi connectivity index (χ2n) is 5.88. The Morgan fingerprint density at radius 3 is 2.36 bits per heavy atom. The van der Waals surface area contributed by atoms with Gasteiger partial charge in [0.05, 0.1) is 16.4 Å². The van der Waals surface area contributed by atoms with Crippen LogP contribution in [0.1, 0.15) is 16.8 Å². The molecule has 2 aromatic carbocycles. The highest BCUT2D eigenvalue weighted by atomic mass is 35.5. The lowest BCUT2D eigenvalue weighted by Gasteiger charge is -2.09. The van der Waals surface area contributed by atoms with Crippen molar-refractivity contribution >= 4 is 44.3 Å². The Balaban J connectivity index is 2.38. The number of aromatic amines is 2. The number of pyridine rings is 1. The van der Waals surface area contributed by atoms with Gasteiger partial charge in [0.25, 0.3) is 0 Å². The highest BCUT2D eigenvalue weighted by Crippen LogP contribution is 2.35. The second kappa shape index (κ2) is 4.37. The summed E-state index contributed by atoms with van der Waals surface area (Å²) in [5, 5.41) is 3.69. The smallest absolute Gasteiger partial charge is 0.189 e. The third-order valence-corrected chi connectivity index (χ3v) is 4.66. The molecule has 0 atom stereocenters. The van der Waals surface area contributed by atoms with Gasteiger partial charge >= 0.3 is 0 Å². The lowest BCUT2D eigenvalue weighted by molar-refractivity contribution is 1.23. The highest BCUT2D eigenvalue weighted by molar-refractivity contribution is 6.32. The van der Waals surface area contributed by atoms with Crippen LogP contribution in [0.3, 0.4) is 0 Å². The number of halogens is 1. The minimum absolute atomic E-state index is 0.0606. The van der Waals surface area contributed by atoms with E-state index >= 15 is 0 Å². The van der Waals surface area contributed by atoms with Crippen LogP contribution in [-0.4, -0.2) is 9.97 Å². The minimum atomic E-state index is 0.0606.